The van der Waals surface area contributed by atoms with E-state index in [1.54, 1.807) is 0 Å². The Bertz CT molecular complexity index is 689. The average molecular weight is 305 g/mol. The van der Waals surface area contributed by atoms with Crippen molar-refractivity contribution in [2.75, 3.05) is 0 Å². The number of tetrazole rings is 1. The number of fused-ring (bicyclic) bond motifs is 1. The molecule has 5 heteroatoms. The highest BCUT2D eigenvalue weighted by Gasteiger charge is 2.28. The maximum Gasteiger partial charge on any atom is 0.165 e. The van der Waals surface area contributed by atoms with E-state index in [-0.39, 0.29) is 0 Å². The molecule has 0 amide bonds. The van der Waals surface area contributed by atoms with Crippen molar-refractivity contribution >= 4 is 0 Å². The second-order valence-corrected chi connectivity index (χ2v) is 6.01. The minimum Gasteiger partial charge on any atom is -0.286 e. The Balaban J connectivity index is 1.58. The molecule has 0 unspecified atom stereocenters. The van der Waals surface area contributed by atoms with Crippen LogP contribution in [0.5, 0.6) is 0 Å². The van der Waals surface area contributed by atoms with Gasteiger partial charge in [-0.1, -0.05) is 60.7 Å². The molecule has 0 bridgehead atoms. The van der Waals surface area contributed by atoms with Crippen molar-refractivity contribution in [3.05, 3.63) is 77.6 Å². The molecule has 1 atom stereocenters. The van der Waals surface area contributed by atoms with Gasteiger partial charge < -0.3 is 0 Å². The third-order valence-corrected chi connectivity index (χ3v) is 4.39. The van der Waals surface area contributed by atoms with Crippen molar-refractivity contribution in [2.45, 2.75) is 32.1 Å². The highest BCUT2D eigenvalue weighted by Crippen LogP contribution is 2.21. The first-order valence-electron chi connectivity index (χ1n) is 7.95. The molecule has 0 N–H and O–H groups in total. The second kappa shape index (κ2) is 6.30. The van der Waals surface area contributed by atoms with Crippen LogP contribution in [0.2, 0.25) is 0 Å². The van der Waals surface area contributed by atoms with E-state index in [1.807, 2.05) is 4.68 Å². The van der Waals surface area contributed by atoms with Gasteiger partial charge in [0.25, 0.3) is 0 Å². The zero-order chi connectivity index (χ0) is 15.5. The number of nitrogens with zero attached hydrogens (tertiary/aromatic N) is 5. The smallest absolute Gasteiger partial charge is 0.165 e. The van der Waals surface area contributed by atoms with Gasteiger partial charge in [0.2, 0.25) is 0 Å². The molecule has 1 aromatic heterocycles. The molecule has 5 nitrogen and oxygen atoms in total. The minimum atomic E-state index is 0.397. The van der Waals surface area contributed by atoms with Crippen molar-refractivity contribution < 1.29 is 0 Å². The molecule has 1 aliphatic heterocycles. The summed E-state index contributed by atoms with van der Waals surface area (Å²) in [6, 6.07) is 21.6. The van der Waals surface area contributed by atoms with E-state index in [4.69, 9.17) is 0 Å². The number of hydrogen-bond donors (Lipinski definition) is 0. The van der Waals surface area contributed by atoms with Crippen LogP contribution in [0.1, 0.15) is 17.0 Å². The molecule has 0 aliphatic carbocycles. The summed E-state index contributed by atoms with van der Waals surface area (Å²) >= 11 is 0. The van der Waals surface area contributed by atoms with Crippen LogP contribution in [-0.4, -0.2) is 31.1 Å². The summed E-state index contributed by atoms with van der Waals surface area (Å²) in [7, 11) is 0. The minimum absolute atomic E-state index is 0.397. The Morgan fingerprint density at radius 3 is 2.35 bits per heavy atom. The predicted octanol–water partition coefficient (Wildman–Crippen LogP) is 2.30. The van der Waals surface area contributed by atoms with E-state index in [1.165, 1.54) is 11.1 Å². The number of benzene rings is 2. The van der Waals surface area contributed by atoms with Crippen LogP contribution >= 0.6 is 0 Å². The van der Waals surface area contributed by atoms with E-state index in [0.29, 0.717) is 6.04 Å². The Kier molecular flexibility index (Phi) is 3.86. The molecular weight excluding hydrogens is 286 g/mol. The summed E-state index contributed by atoms with van der Waals surface area (Å²) in [5, 5.41) is 12.1. The standard InChI is InChI=1S/C18H19N5/c1-3-7-15(8-4-1)11-17-13-23-18(19-20-21-23)14-22(17)12-16-9-5-2-6-10-16/h1-10,17H,11-14H2/t17-/m0/s1. The summed E-state index contributed by atoms with van der Waals surface area (Å²) in [5.41, 5.74) is 2.68. The van der Waals surface area contributed by atoms with Gasteiger partial charge in [0.1, 0.15) is 0 Å². The average Bonchev–Trinajstić information content (AvgIpc) is 3.04. The Morgan fingerprint density at radius 2 is 1.61 bits per heavy atom. The number of aromatic nitrogens is 4. The molecular formula is C18H19N5. The monoisotopic (exact) mass is 305 g/mol. The van der Waals surface area contributed by atoms with Crippen LogP contribution in [0.25, 0.3) is 0 Å². The van der Waals surface area contributed by atoms with Gasteiger partial charge in [0.15, 0.2) is 5.82 Å². The van der Waals surface area contributed by atoms with Crippen molar-refractivity contribution in [2.24, 2.45) is 0 Å². The summed E-state index contributed by atoms with van der Waals surface area (Å²) in [5.74, 6) is 0.949. The van der Waals surface area contributed by atoms with Crippen molar-refractivity contribution in [3.8, 4) is 0 Å². The van der Waals surface area contributed by atoms with Gasteiger partial charge in [-0.05, 0) is 28.0 Å². The normalized spacial score (nSPS) is 17.8. The summed E-state index contributed by atoms with van der Waals surface area (Å²) in [6.07, 6.45) is 1.01. The fourth-order valence-electron chi connectivity index (χ4n) is 3.19. The maximum atomic E-state index is 4.15. The van der Waals surface area contributed by atoms with E-state index >= 15 is 0 Å². The van der Waals surface area contributed by atoms with Crippen LogP contribution in [0.4, 0.5) is 0 Å². The topological polar surface area (TPSA) is 46.8 Å². The van der Waals surface area contributed by atoms with Crippen molar-refractivity contribution in [3.63, 3.8) is 0 Å². The molecule has 0 radical (unpaired) electrons. The van der Waals surface area contributed by atoms with Gasteiger partial charge in [-0.15, -0.1) is 5.10 Å². The van der Waals surface area contributed by atoms with Crippen molar-refractivity contribution in [1.82, 2.24) is 25.1 Å². The molecule has 1 aliphatic rings. The SMILES string of the molecule is c1ccc(C[C@H]2Cn3nnnc3CN2Cc2ccccc2)cc1. The van der Waals surface area contributed by atoms with Gasteiger partial charge in [-0.3, -0.25) is 4.90 Å². The Morgan fingerprint density at radius 1 is 0.913 bits per heavy atom. The van der Waals surface area contributed by atoms with Crippen LogP contribution < -0.4 is 0 Å². The highest BCUT2D eigenvalue weighted by molar-refractivity contribution is 5.18. The van der Waals surface area contributed by atoms with Gasteiger partial charge >= 0.3 is 0 Å². The second-order valence-electron chi connectivity index (χ2n) is 6.01. The van der Waals surface area contributed by atoms with Crippen LogP contribution in [0.3, 0.4) is 0 Å². The Hall–Kier alpha value is -2.53. The predicted molar refractivity (Wildman–Crippen MR) is 87.4 cm³/mol. The van der Waals surface area contributed by atoms with Crippen molar-refractivity contribution in [1.29, 1.82) is 0 Å². The van der Waals surface area contributed by atoms with Gasteiger partial charge in [-0.2, -0.15) is 0 Å². The number of hydrogen-bond acceptors (Lipinski definition) is 4. The molecule has 2 aromatic carbocycles. The lowest BCUT2D eigenvalue weighted by Crippen LogP contribution is -2.44. The zero-order valence-corrected chi connectivity index (χ0v) is 12.9. The zero-order valence-electron chi connectivity index (χ0n) is 12.9. The lowest BCUT2D eigenvalue weighted by molar-refractivity contribution is 0.121. The lowest BCUT2D eigenvalue weighted by atomic mass is 10.0. The van der Waals surface area contributed by atoms with Crippen LogP contribution in [0, 0.1) is 0 Å². The van der Waals surface area contributed by atoms with Gasteiger partial charge in [0, 0.05) is 12.6 Å². The molecule has 23 heavy (non-hydrogen) atoms. The molecule has 3 aromatic rings. The quantitative estimate of drug-likeness (QED) is 0.742. The number of rotatable bonds is 4. The van der Waals surface area contributed by atoms with E-state index in [2.05, 4.69) is 81.1 Å². The summed E-state index contributed by atoms with van der Waals surface area (Å²) in [6.45, 7) is 2.55. The first-order valence-corrected chi connectivity index (χ1v) is 7.95. The molecule has 4 rings (SSSR count). The van der Waals surface area contributed by atoms with Crippen LogP contribution in [-0.2, 0) is 26.1 Å². The summed E-state index contributed by atoms with van der Waals surface area (Å²) < 4.78 is 1.94. The first kappa shape index (κ1) is 14.1. The molecule has 2 heterocycles. The molecule has 116 valence electrons. The maximum absolute atomic E-state index is 4.15. The van der Waals surface area contributed by atoms with Gasteiger partial charge in [-0.25, -0.2) is 4.68 Å². The van der Waals surface area contributed by atoms with Crippen LogP contribution in [0.15, 0.2) is 60.7 Å². The fourth-order valence-corrected chi connectivity index (χ4v) is 3.19. The van der Waals surface area contributed by atoms with E-state index < -0.39 is 0 Å². The molecule has 0 fully saturated rings. The molecule has 0 saturated carbocycles. The molecule has 0 spiro atoms. The lowest BCUT2D eigenvalue weighted by Gasteiger charge is -2.35. The van der Waals surface area contributed by atoms with E-state index in [9.17, 15) is 0 Å². The highest BCUT2D eigenvalue weighted by atomic mass is 15.6. The Labute approximate surface area is 135 Å². The largest absolute Gasteiger partial charge is 0.286 e. The molecule has 0 saturated heterocycles. The van der Waals surface area contributed by atoms with Gasteiger partial charge in [0.05, 0.1) is 13.1 Å². The third-order valence-electron chi connectivity index (χ3n) is 4.39. The third kappa shape index (κ3) is 3.14. The van der Waals surface area contributed by atoms with E-state index in [0.717, 1.165) is 31.9 Å². The fraction of sp³-hybridized carbons (Fsp3) is 0.278. The summed E-state index contributed by atoms with van der Waals surface area (Å²) in [4.78, 5) is 2.48. The first-order chi connectivity index (χ1) is 11.4.